The van der Waals surface area contributed by atoms with E-state index in [2.05, 4.69) is 13.8 Å². The van der Waals surface area contributed by atoms with E-state index in [1.807, 2.05) is 30.3 Å². The molecule has 21 heavy (non-hydrogen) atoms. The lowest BCUT2D eigenvalue weighted by molar-refractivity contribution is 0.411. The maximum Gasteiger partial charge on any atom is 0.125 e. The van der Waals surface area contributed by atoms with Crippen LogP contribution in [-0.4, -0.2) is 11.3 Å². The van der Waals surface area contributed by atoms with Crippen LogP contribution in [0.25, 0.3) is 0 Å². The van der Waals surface area contributed by atoms with Gasteiger partial charge in [0.05, 0.1) is 23.7 Å². The van der Waals surface area contributed by atoms with Crippen LogP contribution in [0, 0.1) is 0 Å². The molecule has 0 saturated carbocycles. The van der Waals surface area contributed by atoms with Crippen molar-refractivity contribution in [3.05, 3.63) is 53.6 Å². The Bertz CT molecular complexity index is 636. The number of rotatable bonds is 5. The van der Waals surface area contributed by atoms with Gasteiger partial charge in [0, 0.05) is 22.2 Å². The van der Waals surface area contributed by atoms with Crippen molar-refractivity contribution in [2.45, 2.75) is 30.4 Å². The fraction of sp³-hybridized carbons (Fsp3) is 0.294. The average Bonchev–Trinajstić information content (AvgIpc) is 2.49. The Balaban J connectivity index is 2.18. The Hall–Kier alpha value is -1.81. The molecule has 0 spiro atoms. The summed E-state index contributed by atoms with van der Waals surface area (Å²) in [6, 6.07) is 13.4. The van der Waals surface area contributed by atoms with Gasteiger partial charge in [-0.2, -0.15) is 0 Å². The van der Waals surface area contributed by atoms with E-state index in [-0.39, 0.29) is 0 Å². The molecule has 0 amide bonds. The van der Waals surface area contributed by atoms with Gasteiger partial charge in [-0.15, -0.1) is 0 Å². The lowest BCUT2D eigenvalue weighted by atomic mass is 10.0. The van der Waals surface area contributed by atoms with E-state index in [1.54, 1.807) is 19.2 Å². The van der Waals surface area contributed by atoms with Gasteiger partial charge in [-0.05, 0) is 29.7 Å². The zero-order chi connectivity index (χ0) is 15.4. The number of methoxy groups -OCH3 is 1. The molecule has 2 N–H and O–H groups in total. The highest BCUT2D eigenvalue weighted by atomic mass is 32.2. The number of nitrogen functional groups attached to an aromatic ring is 1. The molecule has 0 aliphatic rings. The number of benzene rings is 2. The minimum Gasteiger partial charge on any atom is -0.496 e. The predicted molar refractivity (Wildman–Crippen MR) is 88.0 cm³/mol. The zero-order valence-corrected chi connectivity index (χ0v) is 13.4. The van der Waals surface area contributed by atoms with Gasteiger partial charge >= 0.3 is 0 Å². The number of nitrogens with two attached hydrogens (primary N) is 1. The summed E-state index contributed by atoms with van der Waals surface area (Å²) in [5, 5.41) is 0. The topological polar surface area (TPSA) is 52.3 Å². The lowest BCUT2D eigenvalue weighted by Crippen LogP contribution is -2.00. The second kappa shape index (κ2) is 6.76. The molecule has 2 aromatic carbocycles. The molecule has 112 valence electrons. The molecule has 0 aliphatic heterocycles. The van der Waals surface area contributed by atoms with Crippen molar-refractivity contribution < 1.29 is 8.95 Å². The summed E-state index contributed by atoms with van der Waals surface area (Å²) in [6.45, 7) is 4.29. The molecular weight excluding hydrogens is 282 g/mol. The van der Waals surface area contributed by atoms with E-state index in [1.165, 1.54) is 5.56 Å². The molecule has 0 fully saturated rings. The molecule has 0 aliphatic carbocycles. The van der Waals surface area contributed by atoms with Gasteiger partial charge in [-0.3, -0.25) is 4.21 Å². The maximum absolute atomic E-state index is 12.5. The maximum atomic E-state index is 12.5. The first-order chi connectivity index (χ1) is 10.0. The molecule has 0 aromatic heterocycles. The SMILES string of the molecule is COc1cc(N)ccc1CS(=O)c1ccc(C(C)C)cc1. The second-order valence-corrected chi connectivity index (χ2v) is 6.74. The Morgan fingerprint density at radius 1 is 1.14 bits per heavy atom. The van der Waals surface area contributed by atoms with Gasteiger partial charge in [0.25, 0.3) is 0 Å². The van der Waals surface area contributed by atoms with Crippen molar-refractivity contribution in [3.8, 4) is 5.75 Å². The Kier molecular flexibility index (Phi) is 5.02. The summed E-state index contributed by atoms with van der Waals surface area (Å²) in [5.41, 5.74) is 8.53. The van der Waals surface area contributed by atoms with Gasteiger partial charge in [0.1, 0.15) is 5.75 Å². The molecule has 2 rings (SSSR count). The van der Waals surface area contributed by atoms with Crippen LogP contribution >= 0.6 is 0 Å². The fourth-order valence-corrected chi connectivity index (χ4v) is 3.24. The molecule has 4 heteroatoms. The molecule has 1 unspecified atom stereocenters. The van der Waals surface area contributed by atoms with E-state index in [0.29, 0.717) is 23.1 Å². The molecule has 2 aromatic rings. The van der Waals surface area contributed by atoms with Gasteiger partial charge in [0.15, 0.2) is 0 Å². The number of ether oxygens (including phenoxy) is 1. The fourth-order valence-electron chi connectivity index (χ4n) is 2.11. The van der Waals surface area contributed by atoms with E-state index < -0.39 is 10.8 Å². The zero-order valence-electron chi connectivity index (χ0n) is 12.6. The highest BCUT2D eigenvalue weighted by Gasteiger charge is 2.10. The quantitative estimate of drug-likeness (QED) is 0.857. The van der Waals surface area contributed by atoms with Crippen LogP contribution in [0.3, 0.4) is 0 Å². The van der Waals surface area contributed by atoms with Crippen molar-refractivity contribution in [1.82, 2.24) is 0 Å². The average molecular weight is 303 g/mol. The number of hydrogen-bond acceptors (Lipinski definition) is 3. The first-order valence-corrected chi connectivity index (χ1v) is 8.24. The van der Waals surface area contributed by atoms with Crippen molar-refractivity contribution in [2.75, 3.05) is 12.8 Å². The van der Waals surface area contributed by atoms with Gasteiger partial charge in [-0.1, -0.05) is 32.0 Å². The van der Waals surface area contributed by atoms with Crippen LogP contribution in [0.1, 0.15) is 30.9 Å². The molecule has 1 atom stereocenters. The van der Waals surface area contributed by atoms with Gasteiger partial charge < -0.3 is 10.5 Å². The highest BCUT2D eigenvalue weighted by Crippen LogP contribution is 2.25. The molecule has 3 nitrogen and oxygen atoms in total. The normalized spacial score (nSPS) is 12.4. The Morgan fingerprint density at radius 2 is 1.81 bits per heavy atom. The smallest absolute Gasteiger partial charge is 0.125 e. The van der Waals surface area contributed by atoms with E-state index in [9.17, 15) is 4.21 Å². The third kappa shape index (κ3) is 3.85. The summed E-state index contributed by atoms with van der Waals surface area (Å²) >= 11 is 0. The van der Waals surface area contributed by atoms with Crippen LogP contribution in [0.4, 0.5) is 5.69 Å². The van der Waals surface area contributed by atoms with E-state index in [4.69, 9.17) is 10.5 Å². The van der Waals surface area contributed by atoms with Crippen molar-refractivity contribution in [2.24, 2.45) is 0 Å². The van der Waals surface area contributed by atoms with Crippen molar-refractivity contribution >= 4 is 16.5 Å². The summed E-state index contributed by atoms with van der Waals surface area (Å²) in [4.78, 5) is 0.832. The van der Waals surface area contributed by atoms with Crippen molar-refractivity contribution in [1.29, 1.82) is 0 Å². The van der Waals surface area contributed by atoms with Crippen LogP contribution in [0.5, 0.6) is 5.75 Å². The molecular formula is C17H21NO2S. The first-order valence-electron chi connectivity index (χ1n) is 6.92. The summed E-state index contributed by atoms with van der Waals surface area (Å²) < 4.78 is 17.8. The monoisotopic (exact) mass is 303 g/mol. The highest BCUT2D eigenvalue weighted by molar-refractivity contribution is 7.84. The lowest BCUT2D eigenvalue weighted by Gasteiger charge is -2.10. The van der Waals surface area contributed by atoms with E-state index >= 15 is 0 Å². The van der Waals surface area contributed by atoms with Gasteiger partial charge in [0.2, 0.25) is 0 Å². The van der Waals surface area contributed by atoms with Gasteiger partial charge in [-0.25, -0.2) is 0 Å². The van der Waals surface area contributed by atoms with Crippen LogP contribution < -0.4 is 10.5 Å². The number of hydrogen-bond donors (Lipinski definition) is 1. The summed E-state index contributed by atoms with van der Waals surface area (Å²) in [7, 11) is 0.501. The predicted octanol–water partition coefficient (Wildman–Crippen LogP) is 3.71. The third-order valence-electron chi connectivity index (χ3n) is 3.41. The minimum atomic E-state index is -1.10. The molecule has 0 radical (unpaired) electrons. The summed E-state index contributed by atoms with van der Waals surface area (Å²) in [5.74, 6) is 1.58. The van der Waals surface area contributed by atoms with E-state index in [0.717, 1.165) is 10.5 Å². The van der Waals surface area contributed by atoms with Crippen molar-refractivity contribution in [3.63, 3.8) is 0 Å². The van der Waals surface area contributed by atoms with Crippen LogP contribution in [0.15, 0.2) is 47.4 Å². The molecule has 0 heterocycles. The minimum absolute atomic E-state index is 0.421. The molecule has 0 bridgehead atoms. The summed E-state index contributed by atoms with van der Waals surface area (Å²) in [6.07, 6.45) is 0. The van der Waals surface area contributed by atoms with Crippen LogP contribution in [-0.2, 0) is 16.6 Å². The number of anilines is 1. The second-order valence-electron chi connectivity index (χ2n) is 5.28. The third-order valence-corrected chi connectivity index (χ3v) is 4.78. The largest absolute Gasteiger partial charge is 0.496 e. The standard InChI is InChI=1S/C17H21NO2S/c1-12(2)13-5-8-16(9-6-13)21(19)11-14-4-7-15(18)10-17(14)20-3/h4-10,12H,11,18H2,1-3H3. The first kappa shape index (κ1) is 15.6. The Morgan fingerprint density at radius 3 is 2.38 bits per heavy atom. The molecule has 0 saturated heterocycles. The Labute approximate surface area is 128 Å². The van der Waals surface area contributed by atoms with Crippen LogP contribution in [0.2, 0.25) is 0 Å².